The molecule has 0 saturated carbocycles. The van der Waals surface area contributed by atoms with E-state index in [0.717, 1.165) is 16.5 Å². The van der Waals surface area contributed by atoms with Gasteiger partial charge in [-0.15, -0.1) is 0 Å². The summed E-state index contributed by atoms with van der Waals surface area (Å²) in [4.78, 5) is 11.7. The molecule has 0 aliphatic heterocycles. The van der Waals surface area contributed by atoms with E-state index in [-0.39, 0.29) is 5.63 Å². The van der Waals surface area contributed by atoms with E-state index in [0.29, 0.717) is 11.3 Å². The smallest absolute Gasteiger partial charge is 0.336 e. The van der Waals surface area contributed by atoms with Crippen molar-refractivity contribution >= 4 is 11.0 Å². The Morgan fingerprint density at radius 3 is 2.53 bits per heavy atom. The van der Waals surface area contributed by atoms with Gasteiger partial charge >= 0.3 is 5.63 Å². The van der Waals surface area contributed by atoms with Crippen molar-refractivity contribution in [1.29, 1.82) is 0 Å². The minimum Gasteiger partial charge on any atom is -0.496 e. The predicted molar refractivity (Wildman–Crippen MR) is 74.5 cm³/mol. The highest BCUT2D eigenvalue weighted by molar-refractivity contribution is 5.97. The van der Waals surface area contributed by atoms with E-state index in [2.05, 4.69) is 0 Å². The predicted octanol–water partition coefficient (Wildman–Crippen LogP) is 3.47. The quantitative estimate of drug-likeness (QED) is 0.655. The normalized spacial score (nSPS) is 10.6. The zero-order chi connectivity index (χ0) is 13.2. The van der Waals surface area contributed by atoms with Gasteiger partial charge in [-0.1, -0.05) is 36.4 Å². The molecule has 2 aromatic carbocycles. The number of benzene rings is 2. The second-order valence-corrected chi connectivity index (χ2v) is 4.18. The molecule has 0 radical (unpaired) electrons. The highest BCUT2D eigenvalue weighted by Crippen LogP contribution is 2.33. The summed E-state index contributed by atoms with van der Waals surface area (Å²) in [5.41, 5.74) is 1.96. The van der Waals surface area contributed by atoms with Gasteiger partial charge in [0.2, 0.25) is 0 Å². The van der Waals surface area contributed by atoms with E-state index in [9.17, 15) is 4.79 Å². The second kappa shape index (κ2) is 4.61. The number of hydrogen-bond donors (Lipinski definition) is 0. The number of fused-ring (bicyclic) bond motifs is 1. The Bertz CT molecular complexity index is 773. The second-order valence-electron chi connectivity index (χ2n) is 4.18. The third-order valence-electron chi connectivity index (χ3n) is 3.03. The summed E-state index contributed by atoms with van der Waals surface area (Å²) in [6, 6.07) is 16.7. The molecule has 0 fully saturated rings. The van der Waals surface area contributed by atoms with Crippen LogP contribution in [0.25, 0.3) is 22.1 Å². The van der Waals surface area contributed by atoms with Crippen molar-refractivity contribution in [2.45, 2.75) is 0 Å². The van der Waals surface area contributed by atoms with E-state index >= 15 is 0 Å². The molecule has 3 heteroatoms. The highest BCUT2D eigenvalue weighted by atomic mass is 16.5. The number of rotatable bonds is 2. The zero-order valence-electron chi connectivity index (χ0n) is 10.4. The van der Waals surface area contributed by atoms with Crippen molar-refractivity contribution in [2.24, 2.45) is 0 Å². The lowest BCUT2D eigenvalue weighted by atomic mass is 10.0. The fraction of sp³-hybridized carbons (Fsp3) is 0.0625. The number of hydrogen-bond acceptors (Lipinski definition) is 3. The van der Waals surface area contributed by atoms with Gasteiger partial charge in [-0.25, -0.2) is 4.79 Å². The van der Waals surface area contributed by atoms with Crippen LogP contribution in [-0.4, -0.2) is 7.11 Å². The standard InChI is InChI=1S/C16H12O3/c1-18-13-8-5-9-14-16(13)12(10-15(17)19-14)11-6-3-2-4-7-11/h2-10H,1H3. The van der Waals surface area contributed by atoms with Crippen LogP contribution < -0.4 is 10.4 Å². The fourth-order valence-corrected chi connectivity index (χ4v) is 2.20. The van der Waals surface area contributed by atoms with Gasteiger partial charge in [0.05, 0.1) is 12.5 Å². The largest absolute Gasteiger partial charge is 0.496 e. The lowest BCUT2D eigenvalue weighted by molar-refractivity contribution is 0.419. The van der Waals surface area contributed by atoms with Crippen molar-refractivity contribution in [3.63, 3.8) is 0 Å². The molecule has 3 aromatic rings. The molecule has 0 aliphatic rings. The Labute approximate surface area is 110 Å². The monoisotopic (exact) mass is 252 g/mol. The van der Waals surface area contributed by atoms with Crippen LogP contribution in [0.2, 0.25) is 0 Å². The van der Waals surface area contributed by atoms with Crippen molar-refractivity contribution in [3.8, 4) is 16.9 Å². The molecule has 0 spiro atoms. The van der Waals surface area contributed by atoms with Gasteiger partial charge in [0.15, 0.2) is 0 Å². The van der Waals surface area contributed by atoms with Crippen molar-refractivity contribution < 1.29 is 9.15 Å². The zero-order valence-corrected chi connectivity index (χ0v) is 10.4. The molecule has 3 nitrogen and oxygen atoms in total. The summed E-state index contributed by atoms with van der Waals surface area (Å²) in [7, 11) is 1.61. The summed E-state index contributed by atoms with van der Waals surface area (Å²) in [6.07, 6.45) is 0. The van der Waals surface area contributed by atoms with Gasteiger partial charge in [-0.2, -0.15) is 0 Å². The molecule has 0 bridgehead atoms. The first-order valence-electron chi connectivity index (χ1n) is 5.96. The van der Waals surface area contributed by atoms with Crippen LogP contribution >= 0.6 is 0 Å². The van der Waals surface area contributed by atoms with E-state index in [1.54, 1.807) is 19.2 Å². The van der Waals surface area contributed by atoms with E-state index in [1.165, 1.54) is 6.07 Å². The third kappa shape index (κ3) is 1.99. The van der Waals surface area contributed by atoms with Crippen LogP contribution in [0.4, 0.5) is 0 Å². The molecule has 19 heavy (non-hydrogen) atoms. The molecule has 0 unspecified atom stereocenters. The molecular formula is C16H12O3. The topological polar surface area (TPSA) is 39.4 Å². The Kier molecular flexibility index (Phi) is 2.80. The van der Waals surface area contributed by atoms with Crippen molar-refractivity contribution in [1.82, 2.24) is 0 Å². The average Bonchev–Trinajstić information content (AvgIpc) is 2.46. The maximum absolute atomic E-state index is 11.7. The summed E-state index contributed by atoms with van der Waals surface area (Å²) < 4.78 is 10.6. The summed E-state index contributed by atoms with van der Waals surface area (Å²) >= 11 is 0. The molecule has 3 rings (SSSR count). The minimum atomic E-state index is -0.361. The molecule has 0 saturated heterocycles. The number of methoxy groups -OCH3 is 1. The molecule has 94 valence electrons. The van der Waals surface area contributed by atoms with Crippen molar-refractivity contribution in [2.75, 3.05) is 7.11 Å². The van der Waals surface area contributed by atoms with E-state index in [1.807, 2.05) is 36.4 Å². The van der Waals surface area contributed by atoms with Gasteiger partial charge in [-0.3, -0.25) is 0 Å². The Hall–Kier alpha value is -2.55. The summed E-state index contributed by atoms with van der Waals surface area (Å²) in [5.74, 6) is 0.695. The molecule has 0 atom stereocenters. The maximum atomic E-state index is 11.7. The van der Waals surface area contributed by atoms with Crippen LogP contribution in [0.1, 0.15) is 0 Å². The Balaban J connectivity index is 2.44. The summed E-state index contributed by atoms with van der Waals surface area (Å²) in [5, 5.41) is 0.816. The first-order valence-corrected chi connectivity index (χ1v) is 5.96. The van der Waals surface area contributed by atoms with Crippen molar-refractivity contribution in [3.05, 3.63) is 65.0 Å². The number of ether oxygens (including phenoxy) is 1. The molecule has 0 amide bonds. The SMILES string of the molecule is COc1cccc2oc(=O)cc(-c3ccccc3)c12. The van der Waals surface area contributed by atoms with Gasteiger partial charge in [0.25, 0.3) is 0 Å². The highest BCUT2D eigenvalue weighted by Gasteiger charge is 2.11. The third-order valence-corrected chi connectivity index (χ3v) is 3.03. The summed E-state index contributed by atoms with van der Waals surface area (Å²) in [6.45, 7) is 0. The molecule has 1 aromatic heterocycles. The first-order chi connectivity index (χ1) is 9.29. The molecule has 0 N–H and O–H groups in total. The van der Waals surface area contributed by atoms with Crippen LogP contribution in [-0.2, 0) is 0 Å². The lowest BCUT2D eigenvalue weighted by Gasteiger charge is -2.09. The molecule has 1 heterocycles. The van der Waals surface area contributed by atoms with Gasteiger partial charge in [0.1, 0.15) is 11.3 Å². The van der Waals surface area contributed by atoms with Crippen LogP contribution in [0.15, 0.2) is 63.8 Å². The lowest BCUT2D eigenvalue weighted by Crippen LogP contribution is -1.99. The van der Waals surface area contributed by atoms with Gasteiger partial charge in [0, 0.05) is 11.6 Å². The Morgan fingerprint density at radius 2 is 1.79 bits per heavy atom. The first kappa shape index (κ1) is 11.5. The van der Waals surface area contributed by atoms with Gasteiger partial charge in [-0.05, 0) is 17.7 Å². The van der Waals surface area contributed by atoms with Crippen LogP contribution in [0, 0.1) is 0 Å². The van der Waals surface area contributed by atoms with Crippen LogP contribution in [0.3, 0.4) is 0 Å². The van der Waals surface area contributed by atoms with Crippen LogP contribution in [0.5, 0.6) is 5.75 Å². The fourth-order valence-electron chi connectivity index (χ4n) is 2.20. The molecular weight excluding hydrogens is 240 g/mol. The van der Waals surface area contributed by atoms with E-state index < -0.39 is 0 Å². The van der Waals surface area contributed by atoms with Gasteiger partial charge < -0.3 is 9.15 Å². The molecule has 0 aliphatic carbocycles. The average molecular weight is 252 g/mol. The minimum absolute atomic E-state index is 0.361. The van der Waals surface area contributed by atoms with E-state index in [4.69, 9.17) is 9.15 Å². The Morgan fingerprint density at radius 1 is 1.00 bits per heavy atom. The maximum Gasteiger partial charge on any atom is 0.336 e.